The molecular formula is C34H54O3Si4. The minimum absolute atomic E-state index is 0.753. The summed E-state index contributed by atoms with van der Waals surface area (Å²) in [5, 5.41) is 2.68. The van der Waals surface area contributed by atoms with Crippen molar-refractivity contribution in [2.45, 2.75) is 103 Å². The van der Waals surface area contributed by atoms with Crippen LogP contribution in [0.2, 0.25) is 51.4 Å². The SMILES string of the molecule is C[Si](C)(C)O[Si](C)(C)O[Si](C)(O[Si](CCC1CC=CCC1)(CCC1CC=CCC1)c1ccccc1)c1ccccc1. The number of hydrogen-bond donors (Lipinski definition) is 0. The molecule has 0 saturated heterocycles. The Balaban J connectivity index is 1.75. The van der Waals surface area contributed by atoms with Crippen LogP contribution in [-0.2, 0) is 12.3 Å². The molecule has 41 heavy (non-hydrogen) atoms. The van der Waals surface area contributed by atoms with Crippen molar-refractivity contribution in [1.29, 1.82) is 0 Å². The second-order valence-corrected chi connectivity index (χ2v) is 29.4. The van der Waals surface area contributed by atoms with Crippen molar-refractivity contribution in [3.8, 4) is 0 Å². The topological polar surface area (TPSA) is 27.7 Å². The van der Waals surface area contributed by atoms with E-state index in [1.165, 1.54) is 61.7 Å². The summed E-state index contributed by atoms with van der Waals surface area (Å²) >= 11 is 0. The number of rotatable bonds is 14. The van der Waals surface area contributed by atoms with Crippen LogP contribution < -0.4 is 10.4 Å². The zero-order valence-corrected chi connectivity index (χ0v) is 30.5. The molecule has 3 atom stereocenters. The van der Waals surface area contributed by atoms with E-state index in [1.807, 2.05) is 0 Å². The first-order chi connectivity index (χ1) is 19.5. The largest absolute Gasteiger partial charge is 0.437 e. The van der Waals surface area contributed by atoms with E-state index >= 15 is 0 Å². The summed E-state index contributed by atoms with van der Waals surface area (Å²) < 4.78 is 22.0. The zero-order chi connectivity index (χ0) is 29.4. The Hall–Kier alpha value is -1.33. The van der Waals surface area contributed by atoms with Crippen LogP contribution >= 0.6 is 0 Å². The molecule has 224 valence electrons. The molecule has 2 aliphatic rings. The van der Waals surface area contributed by atoms with Gasteiger partial charge in [-0.05, 0) is 112 Å². The van der Waals surface area contributed by atoms with Crippen LogP contribution in [0.15, 0.2) is 85.0 Å². The first-order valence-corrected chi connectivity index (χ1v) is 26.9. The van der Waals surface area contributed by atoms with Crippen LogP contribution in [0.4, 0.5) is 0 Å². The average molecular weight is 623 g/mol. The summed E-state index contributed by atoms with van der Waals surface area (Å²) in [6.07, 6.45) is 19.5. The molecule has 0 heterocycles. The Labute approximate surface area is 255 Å². The third-order valence-corrected chi connectivity index (χ3v) is 24.7. The lowest BCUT2D eigenvalue weighted by molar-refractivity contribution is 0.331. The van der Waals surface area contributed by atoms with Crippen LogP contribution in [0.25, 0.3) is 0 Å². The summed E-state index contributed by atoms with van der Waals surface area (Å²) in [5.41, 5.74) is 0. The molecule has 0 spiro atoms. The molecule has 3 unspecified atom stereocenters. The molecule has 2 aliphatic carbocycles. The molecule has 0 fully saturated rings. The van der Waals surface area contributed by atoms with Gasteiger partial charge in [-0.2, -0.15) is 0 Å². The Bertz CT molecular complexity index is 1100. The maximum Gasteiger partial charge on any atom is 0.350 e. The van der Waals surface area contributed by atoms with E-state index in [1.54, 1.807) is 0 Å². The molecule has 7 heteroatoms. The molecule has 0 saturated carbocycles. The lowest BCUT2D eigenvalue weighted by atomic mass is 9.92. The van der Waals surface area contributed by atoms with Crippen LogP contribution in [0.5, 0.6) is 0 Å². The molecule has 0 radical (unpaired) electrons. The molecule has 0 amide bonds. The van der Waals surface area contributed by atoms with Crippen LogP contribution in [-0.4, -0.2) is 33.8 Å². The van der Waals surface area contributed by atoms with Crippen molar-refractivity contribution >= 4 is 44.1 Å². The predicted octanol–water partition coefficient (Wildman–Crippen LogP) is 8.90. The third-order valence-electron chi connectivity index (χ3n) is 8.65. The minimum atomic E-state index is -2.86. The standard InChI is InChI=1S/C34H54O3Si4/c1-38(2,3)35-39(4,5)36-40(6,33-23-15-9-16-24-33)37-41(34-25-17-10-18-26-34,29-27-31-19-11-7-12-20-31)30-28-32-21-13-8-14-22-32/h7-11,13,15-18,23-26,31-32H,12,14,19-22,27-30H2,1-6H3. The van der Waals surface area contributed by atoms with Gasteiger partial charge < -0.3 is 12.3 Å². The second-order valence-electron chi connectivity index (χ2n) is 13.9. The van der Waals surface area contributed by atoms with Gasteiger partial charge in [-0.15, -0.1) is 0 Å². The van der Waals surface area contributed by atoms with E-state index < -0.39 is 33.8 Å². The van der Waals surface area contributed by atoms with E-state index in [9.17, 15) is 0 Å². The van der Waals surface area contributed by atoms with Crippen LogP contribution in [0.3, 0.4) is 0 Å². The highest BCUT2D eigenvalue weighted by Gasteiger charge is 2.50. The number of benzene rings is 2. The van der Waals surface area contributed by atoms with Crippen LogP contribution in [0.1, 0.15) is 51.4 Å². The molecule has 3 nitrogen and oxygen atoms in total. The Morgan fingerprint density at radius 3 is 1.51 bits per heavy atom. The van der Waals surface area contributed by atoms with E-state index in [4.69, 9.17) is 12.3 Å². The van der Waals surface area contributed by atoms with Gasteiger partial charge in [0.15, 0.2) is 8.32 Å². The average Bonchev–Trinajstić information content (AvgIpc) is 2.95. The molecule has 4 rings (SSSR count). The van der Waals surface area contributed by atoms with Gasteiger partial charge in [0, 0.05) is 0 Å². The van der Waals surface area contributed by atoms with Gasteiger partial charge in [0.25, 0.3) is 0 Å². The van der Waals surface area contributed by atoms with Crippen molar-refractivity contribution in [1.82, 2.24) is 0 Å². The maximum absolute atomic E-state index is 7.92. The molecule has 0 aromatic heterocycles. The molecule has 0 N–H and O–H groups in total. The Kier molecular flexibility index (Phi) is 11.5. The van der Waals surface area contributed by atoms with Gasteiger partial charge in [0.1, 0.15) is 0 Å². The summed E-state index contributed by atoms with van der Waals surface area (Å²) in [5.74, 6) is 1.51. The molecule has 2 aromatic carbocycles. The van der Waals surface area contributed by atoms with Crippen molar-refractivity contribution in [3.05, 3.63) is 85.0 Å². The maximum atomic E-state index is 7.92. The van der Waals surface area contributed by atoms with E-state index in [-0.39, 0.29) is 0 Å². The van der Waals surface area contributed by atoms with Gasteiger partial charge in [-0.3, -0.25) is 0 Å². The van der Waals surface area contributed by atoms with Crippen molar-refractivity contribution in [3.63, 3.8) is 0 Å². The molecule has 2 aromatic rings. The Morgan fingerprint density at radius 1 is 0.585 bits per heavy atom. The summed E-state index contributed by atoms with van der Waals surface area (Å²) in [6.45, 7) is 13.6. The quantitative estimate of drug-likeness (QED) is 0.156. The normalized spacial score (nSPS) is 22.7. The van der Waals surface area contributed by atoms with Gasteiger partial charge in [0.2, 0.25) is 8.32 Å². The highest BCUT2D eigenvalue weighted by molar-refractivity contribution is 6.99. The van der Waals surface area contributed by atoms with Crippen molar-refractivity contribution in [2.24, 2.45) is 11.8 Å². The fourth-order valence-electron chi connectivity index (χ4n) is 6.91. The zero-order valence-electron chi connectivity index (χ0n) is 26.5. The first-order valence-electron chi connectivity index (χ1n) is 16.0. The number of hydrogen-bond acceptors (Lipinski definition) is 3. The highest BCUT2D eigenvalue weighted by atomic mass is 28.5. The van der Waals surface area contributed by atoms with E-state index in [0.29, 0.717) is 0 Å². The van der Waals surface area contributed by atoms with Gasteiger partial charge in [-0.25, -0.2) is 0 Å². The van der Waals surface area contributed by atoms with Gasteiger partial charge in [-0.1, -0.05) is 97.8 Å². The molecule has 0 aliphatic heterocycles. The summed E-state index contributed by atoms with van der Waals surface area (Å²) in [6, 6.07) is 24.6. The van der Waals surface area contributed by atoms with Crippen molar-refractivity contribution in [2.75, 3.05) is 0 Å². The molecule has 0 bridgehead atoms. The monoisotopic (exact) mass is 622 g/mol. The van der Waals surface area contributed by atoms with Crippen molar-refractivity contribution < 1.29 is 12.3 Å². The van der Waals surface area contributed by atoms with Gasteiger partial charge in [0.05, 0.1) is 0 Å². The smallest absolute Gasteiger partial charge is 0.350 e. The molecular weight excluding hydrogens is 569 g/mol. The predicted molar refractivity (Wildman–Crippen MR) is 185 cm³/mol. The summed E-state index contributed by atoms with van der Waals surface area (Å²) in [7, 11) is -9.56. The van der Waals surface area contributed by atoms with E-state index in [2.05, 4.69) is 124 Å². The third kappa shape index (κ3) is 9.85. The summed E-state index contributed by atoms with van der Waals surface area (Å²) in [4.78, 5) is 0. The highest BCUT2D eigenvalue weighted by Crippen LogP contribution is 2.35. The fourth-order valence-corrected chi connectivity index (χ4v) is 27.0. The van der Waals surface area contributed by atoms with Crippen LogP contribution in [0, 0.1) is 11.8 Å². The first kappa shape index (κ1) is 32.6. The Morgan fingerprint density at radius 2 is 1.07 bits per heavy atom. The van der Waals surface area contributed by atoms with Gasteiger partial charge >= 0.3 is 17.1 Å². The minimum Gasteiger partial charge on any atom is -0.437 e. The lowest BCUT2D eigenvalue weighted by Gasteiger charge is -2.45. The van der Waals surface area contributed by atoms with E-state index in [0.717, 1.165) is 23.9 Å². The number of allylic oxidation sites excluding steroid dienone is 4. The lowest BCUT2D eigenvalue weighted by Crippen LogP contribution is -2.67. The fraction of sp³-hybridized carbons (Fsp3) is 0.529. The second kappa shape index (κ2) is 14.4.